The first-order chi connectivity index (χ1) is 9.82. The summed E-state index contributed by atoms with van der Waals surface area (Å²) >= 11 is 0. The van der Waals surface area contributed by atoms with Gasteiger partial charge in [0.1, 0.15) is 0 Å². The van der Waals surface area contributed by atoms with E-state index in [4.69, 9.17) is 14.0 Å². The fourth-order valence-electron chi connectivity index (χ4n) is 2.52. The summed E-state index contributed by atoms with van der Waals surface area (Å²) in [6, 6.07) is 6.21. The van der Waals surface area contributed by atoms with Crippen molar-refractivity contribution in [1.82, 2.24) is 0 Å². The number of hydrogen-bond acceptors (Lipinski definition) is 3. The molecular weight excluding hydrogens is 263 g/mol. The number of hydrogen-bond donors (Lipinski definition) is 0. The van der Waals surface area contributed by atoms with Crippen LogP contribution in [-0.4, -0.2) is 25.4 Å². The van der Waals surface area contributed by atoms with E-state index in [2.05, 4.69) is 46.8 Å². The molecule has 0 atom stereocenters. The van der Waals surface area contributed by atoms with E-state index >= 15 is 0 Å². The van der Waals surface area contributed by atoms with Crippen molar-refractivity contribution in [3.63, 3.8) is 0 Å². The molecule has 0 N–H and O–H groups in total. The molecule has 3 nitrogen and oxygen atoms in total. The monoisotopic (exact) mass is 288 g/mol. The first kappa shape index (κ1) is 16.1. The zero-order chi connectivity index (χ0) is 15.7. The van der Waals surface area contributed by atoms with Crippen LogP contribution < -0.4 is 5.46 Å². The molecule has 1 saturated heterocycles. The van der Waals surface area contributed by atoms with E-state index in [0.29, 0.717) is 0 Å². The second kappa shape index (κ2) is 5.86. The quantitative estimate of drug-likeness (QED) is 0.629. The van der Waals surface area contributed by atoms with Crippen LogP contribution in [0.3, 0.4) is 0 Å². The lowest BCUT2D eigenvalue weighted by molar-refractivity contribution is 0.00578. The number of rotatable bonds is 4. The molecule has 21 heavy (non-hydrogen) atoms. The van der Waals surface area contributed by atoms with Crippen molar-refractivity contribution < 1.29 is 14.0 Å². The summed E-state index contributed by atoms with van der Waals surface area (Å²) in [5, 5.41) is 0. The van der Waals surface area contributed by atoms with Crippen LogP contribution in [0, 0.1) is 0 Å². The van der Waals surface area contributed by atoms with Crippen molar-refractivity contribution in [3.8, 4) is 0 Å². The van der Waals surface area contributed by atoms with Crippen molar-refractivity contribution in [2.24, 2.45) is 0 Å². The number of ether oxygens (including phenoxy) is 1. The Morgan fingerprint density at radius 2 is 1.76 bits per heavy atom. The minimum Gasteiger partial charge on any atom is -0.504 e. The Bertz CT molecular complexity index is 519. The van der Waals surface area contributed by atoms with Crippen LogP contribution in [0.2, 0.25) is 0 Å². The van der Waals surface area contributed by atoms with Gasteiger partial charge in [-0.05, 0) is 56.8 Å². The Kier molecular flexibility index (Phi) is 4.50. The summed E-state index contributed by atoms with van der Waals surface area (Å²) in [5.41, 5.74) is 2.85. The van der Waals surface area contributed by atoms with Gasteiger partial charge < -0.3 is 14.0 Å². The third-order valence-electron chi connectivity index (χ3n) is 4.49. The van der Waals surface area contributed by atoms with Crippen LogP contribution in [0.4, 0.5) is 0 Å². The van der Waals surface area contributed by atoms with Gasteiger partial charge in [-0.15, -0.1) is 0 Å². The van der Waals surface area contributed by atoms with E-state index in [1.807, 2.05) is 12.1 Å². The van der Waals surface area contributed by atoms with Crippen LogP contribution in [0.15, 0.2) is 24.5 Å². The Balaban J connectivity index is 2.39. The van der Waals surface area contributed by atoms with Crippen LogP contribution in [-0.2, 0) is 20.5 Å². The summed E-state index contributed by atoms with van der Waals surface area (Å²) in [5.74, 6) is 0. The molecule has 4 heteroatoms. The lowest BCUT2D eigenvalue weighted by Crippen LogP contribution is -2.41. The van der Waals surface area contributed by atoms with Crippen molar-refractivity contribution in [3.05, 3.63) is 35.6 Å². The average Bonchev–Trinajstić information content (AvgIpc) is 2.64. The van der Waals surface area contributed by atoms with Gasteiger partial charge >= 0.3 is 7.12 Å². The summed E-state index contributed by atoms with van der Waals surface area (Å²) in [4.78, 5) is 0. The topological polar surface area (TPSA) is 27.7 Å². The molecule has 1 aromatic carbocycles. The standard InChI is InChI=1S/C17H25BO3/c1-7-14-13(11-12-19-6)9-8-10-15(14)18-20-16(2,3)17(4,5)21-18/h8-12H,7H2,1-6H3/b12-11+. The molecule has 1 aliphatic rings. The van der Waals surface area contributed by atoms with Crippen LogP contribution in [0.5, 0.6) is 0 Å². The van der Waals surface area contributed by atoms with Crippen LogP contribution >= 0.6 is 0 Å². The molecule has 1 heterocycles. The molecule has 1 fully saturated rings. The summed E-state index contributed by atoms with van der Waals surface area (Å²) in [6.07, 6.45) is 4.60. The number of benzene rings is 1. The molecule has 0 bridgehead atoms. The molecular formula is C17H25BO3. The van der Waals surface area contributed by atoms with Crippen molar-refractivity contribution >= 4 is 18.7 Å². The summed E-state index contributed by atoms with van der Waals surface area (Å²) < 4.78 is 17.4. The molecule has 0 aromatic heterocycles. The molecule has 0 spiro atoms. The highest BCUT2D eigenvalue weighted by Crippen LogP contribution is 2.36. The molecule has 0 amide bonds. The lowest BCUT2D eigenvalue weighted by atomic mass is 9.74. The second-order valence-corrected chi connectivity index (χ2v) is 6.40. The fraction of sp³-hybridized carbons (Fsp3) is 0.529. The third-order valence-corrected chi connectivity index (χ3v) is 4.49. The van der Waals surface area contributed by atoms with Gasteiger partial charge in [0.25, 0.3) is 0 Å². The Morgan fingerprint density at radius 3 is 2.29 bits per heavy atom. The highest BCUT2D eigenvalue weighted by molar-refractivity contribution is 6.62. The molecule has 1 aromatic rings. The van der Waals surface area contributed by atoms with Gasteiger partial charge in [0.05, 0.1) is 24.6 Å². The lowest BCUT2D eigenvalue weighted by Gasteiger charge is -2.32. The first-order valence-electron chi connectivity index (χ1n) is 7.49. The van der Waals surface area contributed by atoms with Gasteiger partial charge in [-0.25, -0.2) is 0 Å². The van der Waals surface area contributed by atoms with Crippen molar-refractivity contribution in [2.45, 2.75) is 52.2 Å². The molecule has 0 radical (unpaired) electrons. The van der Waals surface area contributed by atoms with Crippen LogP contribution in [0.1, 0.15) is 45.7 Å². The summed E-state index contributed by atoms with van der Waals surface area (Å²) in [7, 11) is 1.33. The molecule has 1 aliphatic heterocycles. The normalized spacial score (nSPS) is 20.2. The van der Waals surface area contributed by atoms with Gasteiger partial charge in [0, 0.05) is 0 Å². The maximum absolute atomic E-state index is 6.17. The molecule has 2 rings (SSSR count). The van der Waals surface area contributed by atoms with Crippen LogP contribution in [0.25, 0.3) is 6.08 Å². The third kappa shape index (κ3) is 3.02. The zero-order valence-corrected chi connectivity index (χ0v) is 13.9. The van der Waals surface area contributed by atoms with Gasteiger partial charge in [-0.1, -0.05) is 25.1 Å². The van der Waals surface area contributed by atoms with Gasteiger partial charge in [-0.2, -0.15) is 0 Å². The van der Waals surface area contributed by atoms with Crippen molar-refractivity contribution in [2.75, 3.05) is 7.11 Å². The molecule has 0 unspecified atom stereocenters. The van der Waals surface area contributed by atoms with E-state index in [9.17, 15) is 0 Å². The highest BCUT2D eigenvalue weighted by atomic mass is 16.7. The van der Waals surface area contributed by atoms with Gasteiger partial charge in [-0.3, -0.25) is 0 Å². The molecule has 0 saturated carbocycles. The number of methoxy groups -OCH3 is 1. The minimum atomic E-state index is -0.319. The largest absolute Gasteiger partial charge is 0.504 e. The highest BCUT2D eigenvalue weighted by Gasteiger charge is 2.52. The molecule has 114 valence electrons. The predicted octanol–water partition coefficient (Wildman–Crippen LogP) is 3.17. The van der Waals surface area contributed by atoms with Crippen molar-refractivity contribution in [1.29, 1.82) is 0 Å². The van der Waals surface area contributed by atoms with E-state index in [-0.39, 0.29) is 18.3 Å². The maximum atomic E-state index is 6.17. The smallest absolute Gasteiger partial charge is 0.495 e. The van der Waals surface area contributed by atoms with E-state index in [1.165, 1.54) is 5.56 Å². The fourth-order valence-corrected chi connectivity index (χ4v) is 2.52. The van der Waals surface area contributed by atoms with Gasteiger partial charge in [0.2, 0.25) is 0 Å². The predicted molar refractivity (Wildman–Crippen MR) is 87.6 cm³/mol. The van der Waals surface area contributed by atoms with E-state index in [0.717, 1.165) is 17.4 Å². The summed E-state index contributed by atoms with van der Waals surface area (Å²) in [6.45, 7) is 10.5. The zero-order valence-electron chi connectivity index (χ0n) is 13.9. The van der Waals surface area contributed by atoms with E-state index < -0.39 is 0 Å². The maximum Gasteiger partial charge on any atom is 0.495 e. The van der Waals surface area contributed by atoms with E-state index in [1.54, 1.807) is 13.4 Å². The second-order valence-electron chi connectivity index (χ2n) is 6.40. The average molecular weight is 288 g/mol. The molecule has 0 aliphatic carbocycles. The van der Waals surface area contributed by atoms with Gasteiger partial charge in [0.15, 0.2) is 0 Å². The Morgan fingerprint density at radius 1 is 1.14 bits per heavy atom. The SMILES string of the molecule is CCc1c(/C=C/OC)cccc1B1OC(C)(C)C(C)(C)O1. The minimum absolute atomic E-state index is 0.318. The first-order valence-corrected chi connectivity index (χ1v) is 7.49. The Hall–Kier alpha value is -1.26. The Labute approximate surface area is 128 Å².